The smallest absolute Gasteiger partial charge is 0.0405 e. The molecule has 0 aliphatic carbocycles. The Labute approximate surface area is 125 Å². The van der Waals surface area contributed by atoms with Crippen LogP contribution in [0, 0.1) is 6.92 Å². The van der Waals surface area contributed by atoms with E-state index in [1.807, 2.05) is 0 Å². The molecule has 1 heterocycles. The summed E-state index contributed by atoms with van der Waals surface area (Å²) in [5.41, 5.74) is 2.65. The maximum atomic E-state index is 3.56. The predicted octanol–water partition coefficient (Wildman–Crippen LogP) is 2.49. The van der Waals surface area contributed by atoms with E-state index in [1.165, 1.54) is 11.3 Å². The SMILES string of the molecule is Cc1ccc(Br)cc1N(C)CC(C)N1CCNCC1. The van der Waals surface area contributed by atoms with E-state index in [2.05, 4.69) is 70.1 Å². The molecule has 0 spiro atoms. The Kier molecular flexibility index (Phi) is 5.25. The Hall–Kier alpha value is -0.580. The third-order valence-electron chi connectivity index (χ3n) is 3.90. The number of rotatable bonds is 4. The van der Waals surface area contributed by atoms with Crippen LogP contribution in [0.15, 0.2) is 22.7 Å². The molecule has 4 heteroatoms. The third kappa shape index (κ3) is 3.94. The summed E-state index contributed by atoms with van der Waals surface area (Å²) in [6.07, 6.45) is 0. The van der Waals surface area contributed by atoms with Crippen LogP contribution in [0.1, 0.15) is 12.5 Å². The molecule has 1 aliphatic heterocycles. The monoisotopic (exact) mass is 325 g/mol. The van der Waals surface area contributed by atoms with E-state index in [0.29, 0.717) is 6.04 Å². The van der Waals surface area contributed by atoms with Crippen molar-refractivity contribution in [3.05, 3.63) is 28.2 Å². The molecule has 3 nitrogen and oxygen atoms in total. The van der Waals surface area contributed by atoms with Gasteiger partial charge in [0.15, 0.2) is 0 Å². The molecule has 106 valence electrons. The van der Waals surface area contributed by atoms with E-state index in [1.54, 1.807) is 0 Å². The minimum atomic E-state index is 0.588. The van der Waals surface area contributed by atoms with Crippen molar-refractivity contribution in [2.24, 2.45) is 0 Å². The first-order valence-corrected chi connectivity index (χ1v) is 7.79. The minimum Gasteiger partial charge on any atom is -0.373 e. The molecule has 0 saturated carbocycles. The molecule has 1 saturated heterocycles. The number of benzene rings is 1. The van der Waals surface area contributed by atoms with Crippen molar-refractivity contribution in [2.75, 3.05) is 44.7 Å². The van der Waals surface area contributed by atoms with Crippen molar-refractivity contribution in [2.45, 2.75) is 19.9 Å². The van der Waals surface area contributed by atoms with Crippen LogP contribution in [0.3, 0.4) is 0 Å². The lowest BCUT2D eigenvalue weighted by molar-refractivity contribution is 0.187. The van der Waals surface area contributed by atoms with E-state index in [0.717, 1.165) is 37.2 Å². The molecule has 1 fully saturated rings. The van der Waals surface area contributed by atoms with Crippen LogP contribution in [0.5, 0.6) is 0 Å². The lowest BCUT2D eigenvalue weighted by atomic mass is 10.1. The standard InChI is InChI=1S/C15H24BrN3/c1-12-4-5-14(16)10-15(12)18(3)11-13(2)19-8-6-17-7-9-19/h4-5,10,13,17H,6-9,11H2,1-3H3. The highest BCUT2D eigenvalue weighted by atomic mass is 79.9. The van der Waals surface area contributed by atoms with Gasteiger partial charge in [0, 0.05) is 56.0 Å². The fourth-order valence-corrected chi connectivity index (χ4v) is 3.08. The zero-order valence-corrected chi connectivity index (χ0v) is 13.7. The molecule has 19 heavy (non-hydrogen) atoms. The zero-order chi connectivity index (χ0) is 13.8. The first-order chi connectivity index (χ1) is 9.08. The first-order valence-electron chi connectivity index (χ1n) is 7.00. The van der Waals surface area contributed by atoms with Gasteiger partial charge in [-0.3, -0.25) is 4.90 Å². The lowest BCUT2D eigenvalue weighted by Crippen LogP contribution is -2.50. The number of aryl methyl sites for hydroxylation is 1. The summed E-state index contributed by atoms with van der Waals surface area (Å²) in [5, 5.41) is 3.41. The van der Waals surface area contributed by atoms with Gasteiger partial charge in [-0.05, 0) is 31.5 Å². The summed E-state index contributed by atoms with van der Waals surface area (Å²) in [5.74, 6) is 0. The van der Waals surface area contributed by atoms with Gasteiger partial charge < -0.3 is 10.2 Å². The maximum Gasteiger partial charge on any atom is 0.0405 e. The fourth-order valence-electron chi connectivity index (χ4n) is 2.73. The molecule has 1 aliphatic rings. The van der Waals surface area contributed by atoms with Gasteiger partial charge >= 0.3 is 0 Å². The minimum absolute atomic E-state index is 0.588. The highest BCUT2D eigenvalue weighted by molar-refractivity contribution is 9.10. The highest BCUT2D eigenvalue weighted by Crippen LogP contribution is 2.24. The van der Waals surface area contributed by atoms with Crippen LogP contribution in [0.25, 0.3) is 0 Å². The lowest BCUT2D eigenvalue weighted by Gasteiger charge is -2.35. The van der Waals surface area contributed by atoms with Gasteiger partial charge in [-0.15, -0.1) is 0 Å². The summed E-state index contributed by atoms with van der Waals surface area (Å²) in [7, 11) is 2.19. The van der Waals surface area contributed by atoms with Crippen LogP contribution in [0.2, 0.25) is 0 Å². The van der Waals surface area contributed by atoms with E-state index in [4.69, 9.17) is 0 Å². The van der Waals surface area contributed by atoms with Crippen LogP contribution in [-0.2, 0) is 0 Å². The molecule has 0 amide bonds. The zero-order valence-electron chi connectivity index (χ0n) is 12.1. The summed E-state index contributed by atoms with van der Waals surface area (Å²) in [6.45, 7) is 10.1. The number of hydrogen-bond acceptors (Lipinski definition) is 3. The van der Waals surface area contributed by atoms with Gasteiger partial charge in [0.1, 0.15) is 0 Å². The second-order valence-corrected chi connectivity index (χ2v) is 6.36. The fraction of sp³-hybridized carbons (Fsp3) is 0.600. The largest absolute Gasteiger partial charge is 0.373 e. The van der Waals surface area contributed by atoms with Crippen LogP contribution in [0.4, 0.5) is 5.69 Å². The van der Waals surface area contributed by atoms with Gasteiger partial charge in [-0.25, -0.2) is 0 Å². The maximum absolute atomic E-state index is 3.56. The summed E-state index contributed by atoms with van der Waals surface area (Å²) in [6, 6.07) is 7.07. The average molecular weight is 326 g/mol. The summed E-state index contributed by atoms with van der Waals surface area (Å²) >= 11 is 3.56. The molecular formula is C15H24BrN3. The molecule has 0 aromatic heterocycles. The first kappa shape index (κ1) is 14.8. The normalized spacial score (nSPS) is 18.3. The Morgan fingerprint density at radius 1 is 1.37 bits per heavy atom. The van der Waals surface area contributed by atoms with E-state index in [-0.39, 0.29) is 0 Å². The molecule has 1 aromatic carbocycles. The third-order valence-corrected chi connectivity index (χ3v) is 4.39. The predicted molar refractivity (Wildman–Crippen MR) is 86.1 cm³/mol. The van der Waals surface area contributed by atoms with Crippen molar-refractivity contribution in [3.63, 3.8) is 0 Å². The number of anilines is 1. The van der Waals surface area contributed by atoms with Gasteiger partial charge in [0.05, 0.1) is 0 Å². The number of hydrogen-bond donors (Lipinski definition) is 1. The van der Waals surface area contributed by atoms with Gasteiger partial charge in [-0.2, -0.15) is 0 Å². The van der Waals surface area contributed by atoms with E-state index >= 15 is 0 Å². The van der Waals surface area contributed by atoms with Gasteiger partial charge in [0.25, 0.3) is 0 Å². The van der Waals surface area contributed by atoms with E-state index in [9.17, 15) is 0 Å². The van der Waals surface area contributed by atoms with Gasteiger partial charge in [-0.1, -0.05) is 22.0 Å². The van der Waals surface area contributed by atoms with E-state index < -0.39 is 0 Å². The molecule has 0 bridgehead atoms. The molecule has 1 atom stereocenters. The molecule has 1 unspecified atom stereocenters. The second kappa shape index (κ2) is 6.73. The Bertz CT molecular complexity index is 416. The Morgan fingerprint density at radius 2 is 2.05 bits per heavy atom. The molecule has 1 N–H and O–H groups in total. The number of halogens is 1. The van der Waals surface area contributed by atoms with Crippen molar-refractivity contribution in [1.29, 1.82) is 0 Å². The topological polar surface area (TPSA) is 18.5 Å². The molecule has 1 aromatic rings. The average Bonchev–Trinajstić information content (AvgIpc) is 2.42. The van der Waals surface area contributed by atoms with Crippen LogP contribution < -0.4 is 10.2 Å². The van der Waals surface area contributed by atoms with Crippen molar-refractivity contribution in [3.8, 4) is 0 Å². The second-order valence-electron chi connectivity index (χ2n) is 5.45. The van der Waals surface area contributed by atoms with Crippen molar-refractivity contribution >= 4 is 21.6 Å². The number of nitrogens with zero attached hydrogens (tertiary/aromatic N) is 2. The number of nitrogens with one attached hydrogen (secondary N) is 1. The van der Waals surface area contributed by atoms with Crippen molar-refractivity contribution < 1.29 is 0 Å². The summed E-state index contributed by atoms with van der Waals surface area (Å²) < 4.78 is 1.15. The molecular weight excluding hydrogens is 302 g/mol. The Morgan fingerprint density at radius 3 is 2.74 bits per heavy atom. The quantitative estimate of drug-likeness (QED) is 0.917. The molecule has 2 rings (SSSR count). The van der Waals surface area contributed by atoms with Crippen molar-refractivity contribution in [1.82, 2.24) is 10.2 Å². The number of likely N-dealkylation sites (N-methyl/N-ethyl adjacent to an activating group) is 1. The highest BCUT2D eigenvalue weighted by Gasteiger charge is 2.18. The van der Waals surface area contributed by atoms with Crippen LogP contribution in [-0.4, -0.2) is 50.7 Å². The molecule has 0 radical (unpaired) electrons. The number of piperazine rings is 1. The van der Waals surface area contributed by atoms with Crippen LogP contribution >= 0.6 is 15.9 Å². The Balaban J connectivity index is 1.99. The summed E-state index contributed by atoms with van der Waals surface area (Å²) in [4.78, 5) is 4.94. The van der Waals surface area contributed by atoms with Gasteiger partial charge in [0.2, 0.25) is 0 Å².